The van der Waals surface area contributed by atoms with E-state index in [4.69, 9.17) is 5.73 Å². The number of nitrogens with two attached hydrogens (primary N) is 1. The van der Waals surface area contributed by atoms with Gasteiger partial charge in [0.2, 0.25) is 5.91 Å². The molecule has 0 bridgehead atoms. The van der Waals surface area contributed by atoms with E-state index in [1.807, 2.05) is 34.9 Å². The molecule has 2 heterocycles. The predicted octanol–water partition coefficient (Wildman–Crippen LogP) is 2.20. The molecule has 0 saturated carbocycles. The number of nitrogens with zero attached hydrogens (tertiary/aromatic N) is 2. The first-order valence-corrected chi connectivity index (χ1v) is 8.80. The molecule has 4 nitrogen and oxygen atoms in total. The summed E-state index contributed by atoms with van der Waals surface area (Å²) in [5.41, 5.74) is 7.80. The maximum Gasteiger partial charge on any atom is 0.235 e. The molecule has 1 atom stereocenters. The number of carbonyl (C=O) groups is 1. The van der Waals surface area contributed by atoms with Crippen molar-refractivity contribution in [3.63, 3.8) is 0 Å². The molecule has 0 spiro atoms. The summed E-state index contributed by atoms with van der Waals surface area (Å²) in [7, 11) is 0. The lowest BCUT2D eigenvalue weighted by Crippen LogP contribution is -2.51. The zero-order chi connectivity index (χ0) is 14.7. The molecule has 1 aromatic rings. The summed E-state index contributed by atoms with van der Waals surface area (Å²) in [6.07, 6.45) is 3.52. The smallest absolute Gasteiger partial charge is 0.235 e. The van der Waals surface area contributed by atoms with Crippen LogP contribution in [0.25, 0.3) is 0 Å². The van der Waals surface area contributed by atoms with Crippen LogP contribution in [0, 0.1) is 0 Å². The van der Waals surface area contributed by atoms with E-state index in [2.05, 4.69) is 11.0 Å². The second-order valence-corrected chi connectivity index (χ2v) is 7.07. The normalized spacial score (nSPS) is 23.1. The van der Waals surface area contributed by atoms with Crippen LogP contribution in [0.1, 0.15) is 19.3 Å². The molecule has 2 saturated heterocycles. The number of piperazine rings is 1. The van der Waals surface area contributed by atoms with Crippen molar-refractivity contribution in [3.05, 3.63) is 24.3 Å². The number of amides is 1. The topological polar surface area (TPSA) is 49.6 Å². The molecule has 21 heavy (non-hydrogen) atoms. The van der Waals surface area contributed by atoms with Crippen LogP contribution in [0.15, 0.2) is 24.3 Å². The third-order valence-electron chi connectivity index (χ3n) is 4.28. The van der Waals surface area contributed by atoms with Crippen LogP contribution in [0.5, 0.6) is 0 Å². The van der Waals surface area contributed by atoms with Crippen LogP contribution < -0.4 is 10.6 Å². The Morgan fingerprint density at radius 2 is 2.00 bits per heavy atom. The van der Waals surface area contributed by atoms with E-state index in [-0.39, 0.29) is 5.25 Å². The van der Waals surface area contributed by atoms with E-state index in [9.17, 15) is 4.79 Å². The molecule has 3 rings (SSSR count). The van der Waals surface area contributed by atoms with Crippen LogP contribution >= 0.6 is 11.8 Å². The Kier molecular flexibility index (Phi) is 4.58. The molecule has 0 aliphatic carbocycles. The molecule has 0 radical (unpaired) electrons. The summed E-state index contributed by atoms with van der Waals surface area (Å²) in [5.74, 6) is 1.49. The minimum atomic E-state index is 0.206. The van der Waals surface area contributed by atoms with Gasteiger partial charge in [0.05, 0.1) is 5.25 Å². The van der Waals surface area contributed by atoms with Gasteiger partial charge in [0.25, 0.3) is 0 Å². The molecular weight excluding hydrogens is 282 g/mol. The molecule has 114 valence electrons. The van der Waals surface area contributed by atoms with E-state index in [0.29, 0.717) is 5.91 Å². The van der Waals surface area contributed by atoms with Gasteiger partial charge in [-0.15, -0.1) is 11.8 Å². The van der Waals surface area contributed by atoms with E-state index in [1.165, 1.54) is 12.8 Å². The fourth-order valence-corrected chi connectivity index (χ4v) is 4.33. The van der Waals surface area contributed by atoms with Crippen LogP contribution in [0.4, 0.5) is 11.4 Å². The van der Waals surface area contributed by atoms with Gasteiger partial charge in [0.15, 0.2) is 0 Å². The molecule has 1 aromatic carbocycles. The van der Waals surface area contributed by atoms with Crippen LogP contribution in [-0.4, -0.2) is 48.0 Å². The lowest BCUT2D eigenvalue weighted by molar-refractivity contribution is -0.131. The summed E-state index contributed by atoms with van der Waals surface area (Å²) >= 11 is 1.84. The standard InChI is InChI=1S/C16H23N3OS/c17-13-4-3-5-14(12-13)18-7-9-19(10-8-18)16(20)15-6-1-2-11-21-15/h3-5,12,15H,1-2,6-11,17H2. The number of nitrogen functional groups attached to an aromatic ring is 1. The van der Waals surface area contributed by atoms with Gasteiger partial charge >= 0.3 is 0 Å². The molecule has 2 aliphatic heterocycles. The van der Waals surface area contributed by atoms with Gasteiger partial charge < -0.3 is 15.5 Å². The molecule has 1 unspecified atom stereocenters. The first-order chi connectivity index (χ1) is 10.2. The van der Waals surface area contributed by atoms with Crippen molar-refractivity contribution >= 4 is 29.0 Å². The summed E-state index contributed by atoms with van der Waals surface area (Å²) in [6.45, 7) is 3.44. The number of anilines is 2. The summed E-state index contributed by atoms with van der Waals surface area (Å²) in [5, 5.41) is 0.206. The van der Waals surface area contributed by atoms with Gasteiger partial charge in [-0.05, 0) is 36.8 Å². The first kappa shape index (κ1) is 14.6. The summed E-state index contributed by atoms with van der Waals surface area (Å²) in [4.78, 5) is 16.9. The van der Waals surface area contributed by atoms with Crippen molar-refractivity contribution < 1.29 is 4.79 Å². The average Bonchev–Trinajstić information content (AvgIpc) is 2.55. The second-order valence-electron chi connectivity index (χ2n) is 5.76. The van der Waals surface area contributed by atoms with Gasteiger partial charge in [-0.25, -0.2) is 0 Å². The SMILES string of the molecule is Nc1cccc(N2CCN(C(=O)C3CCCCS3)CC2)c1. The Hall–Kier alpha value is -1.36. The van der Waals surface area contributed by atoms with Crippen molar-refractivity contribution in [2.45, 2.75) is 24.5 Å². The monoisotopic (exact) mass is 305 g/mol. The molecule has 0 aromatic heterocycles. The maximum absolute atomic E-state index is 12.5. The quantitative estimate of drug-likeness (QED) is 0.851. The van der Waals surface area contributed by atoms with Crippen molar-refractivity contribution in [2.75, 3.05) is 42.6 Å². The van der Waals surface area contributed by atoms with Gasteiger partial charge in [0.1, 0.15) is 0 Å². The van der Waals surface area contributed by atoms with Crippen molar-refractivity contribution in [1.29, 1.82) is 0 Å². The molecular formula is C16H23N3OS. The minimum absolute atomic E-state index is 0.206. The van der Waals surface area contributed by atoms with E-state index in [1.54, 1.807) is 0 Å². The highest BCUT2D eigenvalue weighted by Crippen LogP contribution is 2.27. The minimum Gasteiger partial charge on any atom is -0.399 e. The summed E-state index contributed by atoms with van der Waals surface area (Å²) in [6, 6.07) is 7.99. The van der Waals surface area contributed by atoms with Crippen LogP contribution in [0.3, 0.4) is 0 Å². The second kappa shape index (κ2) is 6.60. The van der Waals surface area contributed by atoms with Crippen molar-refractivity contribution in [3.8, 4) is 0 Å². The number of carbonyl (C=O) groups excluding carboxylic acids is 1. The van der Waals surface area contributed by atoms with Crippen molar-refractivity contribution in [2.24, 2.45) is 0 Å². The van der Waals surface area contributed by atoms with Crippen molar-refractivity contribution in [1.82, 2.24) is 4.90 Å². The lowest BCUT2D eigenvalue weighted by atomic mass is 10.1. The number of hydrogen-bond donors (Lipinski definition) is 1. The number of rotatable bonds is 2. The maximum atomic E-state index is 12.5. The fraction of sp³-hybridized carbons (Fsp3) is 0.562. The largest absolute Gasteiger partial charge is 0.399 e. The van der Waals surface area contributed by atoms with E-state index < -0.39 is 0 Å². The van der Waals surface area contributed by atoms with E-state index >= 15 is 0 Å². The van der Waals surface area contributed by atoms with Gasteiger partial charge in [-0.1, -0.05) is 12.5 Å². The number of hydrogen-bond acceptors (Lipinski definition) is 4. The first-order valence-electron chi connectivity index (χ1n) is 7.75. The Labute approximate surface area is 130 Å². The highest BCUT2D eigenvalue weighted by atomic mass is 32.2. The predicted molar refractivity (Wildman–Crippen MR) is 89.7 cm³/mol. The van der Waals surface area contributed by atoms with E-state index in [0.717, 1.165) is 49.7 Å². The fourth-order valence-electron chi connectivity index (χ4n) is 3.05. The highest BCUT2D eigenvalue weighted by molar-refractivity contribution is 8.00. The van der Waals surface area contributed by atoms with Gasteiger partial charge in [-0.2, -0.15) is 0 Å². The molecule has 1 amide bonds. The third kappa shape index (κ3) is 3.46. The molecule has 5 heteroatoms. The van der Waals surface area contributed by atoms with Gasteiger partial charge in [-0.3, -0.25) is 4.79 Å². The van der Waals surface area contributed by atoms with Crippen LogP contribution in [-0.2, 0) is 4.79 Å². The number of benzene rings is 1. The zero-order valence-corrected chi connectivity index (χ0v) is 13.1. The summed E-state index contributed by atoms with van der Waals surface area (Å²) < 4.78 is 0. The Morgan fingerprint density at radius 3 is 2.67 bits per heavy atom. The highest BCUT2D eigenvalue weighted by Gasteiger charge is 2.28. The molecule has 2 N–H and O–H groups in total. The Bertz CT molecular complexity index is 494. The lowest BCUT2D eigenvalue weighted by Gasteiger charge is -2.38. The van der Waals surface area contributed by atoms with Crippen LogP contribution in [0.2, 0.25) is 0 Å². The third-order valence-corrected chi connectivity index (χ3v) is 5.65. The average molecular weight is 305 g/mol. The Morgan fingerprint density at radius 1 is 1.19 bits per heavy atom. The van der Waals surface area contributed by atoms with Gasteiger partial charge in [0, 0.05) is 37.6 Å². The Balaban J connectivity index is 1.56. The molecule has 2 aliphatic rings. The molecule has 2 fully saturated rings. The zero-order valence-electron chi connectivity index (χ0n) is 12.3. The number of thioether (sulfide) groups is 1.